The van der Waals surface area contributed by atoms with Crippen LogP contribution < -0.4 is 22.7 Å². The third-order valence-electron chi connectivity index (χ3n) is 3.38. The topological polar surface area (TPSA) is 100 Å². The van der Waals surface area contributed by atoms with E-state index in [4.69, 9.17) is 10.3 Å². The van der Waals surface area contributed by atoms with Crippen molar-refractivity contribution in [2.75, 3.05) is 5.84 Å². The highest BCUT2D eigenvalue weighted by Gasteiger charge is 2.30. The summed E-state index contributed by atoms with van der Waals surface area (Å²) >= 11 is 0. The molecule has 3 rings (SSSR count). The van der Waals surface area contributed by atoms with Crippen molar-refractivity contribution in [1.29, 1.82) is 0 Å². The molecule has 1 aliphatic rings. The lowest BCUT2D eigenvalue weighted by molar-refractivity contribution is 0.501. The second-order valence-corrected chi connectivity index (χ2v) is 4.68. The molecule has 1 saturated carbocycles. The van der Waals surface area contributed by atoms with Gasteiger partial charge in [-0.25, -0.2) is 9.59 Å². The Morgan fingerprint density at radius 2 is 2.05 bits per heavy atom. The molecule has 0 aliphatic heterocycles. The van der Waals surface area contributed by atoms with Crippen LogP contribution in [0, 0.1) is 0 Å². The lowest BCUT2D eigenvalue weighted by Gasteiger charge is -2.10. The summed E-state index contributed by atoms with van der Waals surface area (Å²) in [7, 11) is 0. The second-order valence-electron chi connectivity index (χ2n) is 4.68. The summed E-state index contributed by atoms with van der Waals surface area (Å²) in [6.45, 7) is 1.82. The highest BCUT2D eigenvalue weighted by Crippen LogP contribution is 2.35. The quantitative estimate of drug-likeness (QED) is 0.751. The van der Waals surface area contributed by atoms with Gasteiger partial charge in [0.25, 0.3) is 5.56 Å². The monoisotopic (exact) mass is 263 g/mol. The third kappa shape index (κ3) is 1.61. The van der Waals surface area contributed by atoms with Gasteiger partial charge in [0.1, 0.15) is 5.39 Å². The fourth-order valence-electron chi connectivity index (χ4n) is 2.27. The fourth-order valence-corrected chi connectivity index (χ4v) is 2.27. The van der Waals surface area contributed by atoms with E-state index in [1.165, 1.54) is 10.6 Å². The molecule has 2 aromatic heterocycles. The van der Waals surface area contributed by atoms with Gasteiger partial charge in [-0.05, 0) is 24.8 Å². The van der Waals surface area contributed by atoms with Gasteiger partial charge in [-0.3, -0.25) is 9.36 Å². The minimum absolute atomic E-state index is 0.0411. The highest BCUT2D eigenvalue weighted by molar-refractivity contribution is 5.76. The maximum absolute atomic E-state index is 12.1. The molecule has 0 atom stereocenters. The normalized spacial score (nSPS) is 15.0. The first kappa shape index (κ1) is 11.8. The SMILES string of the molecule is CCc1cc(=O)oc2c1c(=O)n(N)c(=O)n2C1CC1. The molecule has 0 saturated heterocycles. The average molecular weight is 263 g/mol. The first-order valence-corrected chi connectivity index (χ1v) is 6.14. The predicted octanol–water partition coefficient (Wildman–Crippen LogP) is -0.273. The number of nitrogens with zero attached hydrogens (tertiary/aromatic N) is 2. The Hall–Kier alpha value is -2.31. The van der Waals surface area contributed by atoms with E-state index in [1.807, 2.05) is 6.92 Å². The molecule has 19 heavy (non-hydrogen) atoms. The van der Waals surface area contributed by atoms with Gasteiger partial charge in [-0.1, -0.05) is 6.92 Å². The summed E-state index contributed by atoms with van der Waals surface area (Å²) in [5, 5.41) is 0.219. The number of fused-ring (bicyclic) bond motifs is 1. The molecule has 7 nitrogen and oxygen atoms in total. The van der Waals surface area contributed by atoms with Crippen molar-refractivity contribution in [3.05, 3.63) is 42.9 Å². The van der Waals surface area contributed by atoms with Gasteiger partial charge in [0.15, 0.2) is 0 Å². The minimum atomic E-state index is -0.642. The second kappa shape index (κ2) is 3.84. The van der Waals surface area contributed by atoms with Crippen LogP contribution in [-0.2, 0) is 6.42 Å². The van der Waals surface area contributed by atoms with Gasteiger partial charge in [-0.15, -0.1) is 0 Å². The van der Waals surface area contributed by atoms with E-state index < -0.39 is 16.9 Å². The number of aryl methyl sites for hydroxylation is 1. The summed E-state index contributed by atoms with van der Waals surface area (Å²) in [4.78, 5) is 35.7. The third-order valence-corrected chi connectivity index (χ3v) is 3.38. The number of nitrogens with two attached hydrogens (primary N) is 1. The Labute approximate surface area is 106 Å². The van der Waals surface area contributed by atoms with E-state index in [0.717, 1.165) is 12.8 Å². The molecule has 2 aromatic rings. The smallest absolute Gasteiger partial charge is 0.352 e. The van der Waals surface area contributed by atoms with Crippen LogP contribution in [0.4, 0.5) is 0 Å². The van der Waals surface area contributed by atoms with Gasteiger partial charge in [0.05, 0.1) is 0 Å². The van der Waals surface area contributed by atoms with E-state index in [9.17, 15) is 14.4 Å². The van der Waals surface area contributed by atoms with E-state index in [0.29, 0.717) is 16.7 Å². The van der Waals surface area contributed by atoms with Crippen LogP contribution in [-0.4, -0.2) is 9.24 Å². The predicted molar refractivity (Wildman–Crippen MR) is 68.8 cm³/mol. The van der Waals surface area contributed by atoms with Crippen molar-refractivity contribution < 1.29 is 4.42 Å². The molecule has 1 aliphatic carbocycles. The van der Waals surface area contributed by atoms with Crippen molar-refractivity contribution >= 4 is 11.1 Å². The standard InChI is InChI=1S/C12H13N3O4/c1-2-6-5-8(16)19-11-9(6)10(17)15(13)12(18)14(11)7-3-4-7/h5,7H,2-4,13H2,1H3. The Bertz CT molecular complexity index is 839. The Kier molecular flexibility index (Phi) is 2.38. The molecule has 0 spiro atoms. The van der Waals surface area contributed by atoms with Crippen molar-refractivity contribution in [1.82, 2.24) is 9.24 Å². The zero-order valence-electron chi connectivity index (χ0n) is 10.4. The maximum atomic E-state index is 12.1. The van der Waals surface area contributed by atoms with Gasteiger partial charge in [0.2, 0.25) is 5.71 Å². The van der Waals surface area contributed by atoms with Gasteiger partial charge in [-0.2, -0.15) is 4.68 Å². The van der Waals surface area contributed by atoms with Crippen LogP contribution in [0.15, 0.2) is 24.9 Å². The lowest BCUT2D eigenvalue weighted by Crippen LogP contribution is -2.45. The van der Waals surface area contributed by atoms with Crippen molar-refractivity contribution in [2.24, 2.45) is 0 Å². The van der Waals surface area contributed by atoms with Crippen LogP contribution in [0.2, 0.25) is 0 Å². The van der Waals surface area contributed by atoms with Crippen molar-refractivity contribution in [2.45, 2.75) is 32.2 Å². The molecule has 0 radical (unpaired) electrons. The first-order valence-electron chi connectivity index (χ1n) is 6.14. The molecule has 0 amide bonds. The molecular weight excluding hydrogens is 250 g/mol. The minimum Gasteiger partial charge on any atom is -0.405 e. The first-order chi connectivity index (χ1) is 9.04. The number of rotatable bonds is 2. The zero-order chi connectivity index (χ0) is 13.7. The number of hydrogen-bond donors (Lipinski definition) is 1. The summed E-state index contributed by atoms with van der Waals surface area (Å²) < 4.78 is 6.99. The van der Waals surface area contributed by atoms with E-state index in [1.54, 1.807) is 0 Å². The molecule has 2 heterocycles. The van der Waals surface area contributed by atoms with E-state index in [2.05, 4.69) is 0 Å². The molecule has 0 unspecified atom stereocenters. The van der Waals surface area contributed by atoms with Gasteiger partial charge >= 0.3 is 11.3 Å². The summed E-state index contributed by atoms with van der Waals surface area (Å²) in [6, 6.07) is 1.23. The van der Waals surface area contributed by atoms with Gasteiger partial charge in [0, 0.05) is 12.1 Å². The molecule has 0 aromatic carbocycles. The van der Waals surface area contributed by atoms with Crippen LogP contribution in [0.3, 0.4) is 0 Å². The fraction of sp³-hybridized carbons (Fsp3) is 0.417. The summed E-state index contributed by atoms with van der Waals surface area (Å²) in [5.74, 6) is 5.53. The molecule has 0 bridgehead atoms. The van der Waals surface area contributed by atoms with Crippen molar-refractivity contribution in [3.63, 3.8) is 0 Å². The highest BCUT2D eigenvalue weighted by atomic mass is 16.4. The Morgan fingerprint density at radius 3 is 2.63 bits per heavy atom. The van der Waals surface area contributed by atoms with Gasteiger partial charge < -0.3 is 10.3 Å². The number of nitrogen functional groups attached to an aromatic ring is 1. The number of aromatic nitrogens is 2. The average Bonchev–Trinajstić information content (AvgIpc) is 3.19. The van der Waals surface area contributed by atoms with Crippen LogP contribution in [0.25, 0.3) is 11.1 Å². The molecule has 1 fully saturated rings. The molecule has 7 heteroatoms. The lowest BCUT2D eigenvalue weighted by atomic mass is 10.1. The van der Waals surface area contributed by atoms with E-state index >= 15 is 0 Å². The molecule has 2 N–H and O–H groups in total. The van der Waals surface area contributed by atoms with E-state index in [-0.39, 0.29) is 17.1 Å². The summed E-state index contributed by atoms with van der Waals surface area (Å²) in [5.41, 5.74) is -1.24. The maximum Gasteiger partial charge on any atom is 0.352 e. The molecular formula is C12H13N3O4. The van der Waals surface area contributed by atoms with Crippen LogP contribution in [0.5, 0.6) is 0 Å². The molecule has 100 valence electrons. The Morgan fingerprint density at radius 1 is 1.37 bits per heavy atom. The van der Waals surface area contributed by atoms with Crippen molar-refractivity contribution in [3.8, 4) is 0 Å². The Balaban J connectivity index is 2.61. The summed E-state index contributed by atoms with van der Waals surface area (Å²) in [6.07, 6.45) is 2.11. The van der Waals surface area contributed by atoms with Crippen LogP contribution in [0.1, 0.15) is 31.4 Å². The largest absolute Gasteiger partial charge is 0.405 e. The van der Waals surface area contributed by atoms with Crippen LogP contribution >= 0.6 is 0 Å². The zero-order valence-corrected chi connectivity index (χ0v) is 10.4. The number of hydrogen-bond acceptors (Lipinski definition) is 5.